The summed E-state index contributed by atoms with van der Waals surface area (Å²) < 4.78 is 15.5. The summed E-state index contributed by atoms with van der Waals surface area (Å²) in [6.45, 7) is 1.20. The fourth-order valence-electron chi connectivity index (χ4n) is 14.3. The number of amides is 12. The van der Waals surface area contributed by atoms with Crippen molar-refractivity contribution in [2.24, 2.45) is 5.73 Å². The number of carbonyl (C=O) groups excluding carboxylic acids is 13. The number of likely N-dealkylation sites (tertiary alicyclic amines) is 2. The maximum atomic E-state index is 13.4. The lowest BCUT2D eigenvalue weighted by atomic mass is 9.99. The number of carbonyl (C=O) groups is 14. The molecule has 2 saturated heterocycles. The molecular formula is C90H90FN15O15. The first-order chi connectivity index (χ1) is 58.9. The van der Waals surface area contributed by atoms with Crippen LogP contribution in [-0.4, -0.2) is 197 Å². The number of para-hydroxylation sites is 2. The molecule has 30 nitrogen and oxygen atoms in total. The zero-order valence-electron chi connectivity index (χ0n) is 67.7. The van der Waals surface area contributed by atoms with Crippen LogP contribution in [-0.2, 0) is 28.8 Å². The molecule has 0 bridgehead atoms. The summed E-state index contributed by atoms with van der Waals surface area (Å²) in [4.78, 5) is 187. The topological polar surface area (TPSA) is 420 Å². The molecule has 2 fully saturated rings. The lowest BCUT2D eigenvalue weighted by molar-refractivity contribution is -0.151. The fraction of sp³-hybridized carbons (Fsp3) is 0.244. The van der Waals surface area contributed by atoms with Crippen LogP contribution in [0.2, 0.25) is 0 Å². The predicted octanol–water partition coefficient (Wildman–Crippen LogP) is 10.7. The molecule has 0 aliphatic carbocycles. The Morgan fingerprint density at radius 2 is 0.893 bits per heavy atom. The van der Waals surface area contributed by atoms with Crippen molar-refractivity contribution in [2.75, 3.05) is 89.3 Å². The number of nitrogens with one attached hydrogen (secondary N) is 8. The largest absolute Gasteiger partial charge is 0.480 e. The third-order valence-corrected chi connectivity index (χ3v) is 20.7. The molecule has 2 aromatic heterocycles. The summed E-state index contributed by atoms with van der Waals surface area (Å²) in [7, 11) is 4.83. The van der Waals surface area contributed by atoms with Crippen molar-refractivity contribution in [1.82, 2.24) is 50.8 Å². The number of pyridine rings is 2. The van der Waals surface area contributed by atoms with Crippen LogP contribution in [0.25, 0.3) is 44.1 Å². The van der Waals surface area contributed by atoms with Crippen LogP contribution in [0.4, 0.5) is 38.5 Å². The average molecular weight is 1640 g/mol. The van der Waals surface area contributed by atoms with Crippen LogP contribution in [0.5, 0.6) is 0 Å². The summed E-state index contributed by atoms with van der Waals surface area (Å²) in [5, 5.41) is 34.0. The summed E-state index contributed by atoms with van der Waals surface area (Å²) in [6.07, 6.45) is 7.43. The lowest BCUT2D eigenvalue weighted by Crippen LogP contribution is -2.54. The maximum Gasteiger partial charge on any atom is 0.322 e. The van der Waals surface area contributed by atoms with Gasteiger partial charge >= 0.3 is 5.97 Å². The summed E-state index contributed by atoms with van der Waals surface area (Å²) in [5.41, 5.74) is 16.7. The Balaban J connectivity index is 0.000000194. The quantitative estimate of drug-likeness (QED) is 0.0161. The molecule has 4 aliphatic rings. The number of hydrogen-bond acceptors (Lipinski definition) is 21. The SMILES string of the molecule is CN1C(=O)CCC(N2C(=O)c3cccc(NCC(=O)O)c3C2=O)C1=O.CNC(=O)c1cnc2ccc(-c3ccc(C(=O)NCCCCCC(=O)CNc4cccc5c4C(=O)N(C4CCC(=O)N(C)C4=O)C5=O)cc3)cc2c1Nc1ccccc1.CNC(=O)c1cnc2ccc(-c3ccc(C(=O)NCCCCN)cc3)cc2c1Nc1ccccc1.[2H]CF. The van der Waals surface area contributed by atoms with E-state index in [0.29, 0.717) is 78.2 Å². The highest BCUT2D eigenvalue weighted by Crippen LogP contribution is 2.38. The van der Waals surface area contributed by atoms with Crippen LogP contribution >= 0.6 is 0 Å². The van der Waals surface area contributed by atoms with Crippen LogP contribution in [0.3, 0.4) is 0 Å². The Morgan fingerprint density at radius 3 is 1.30 bits per heavy atom. The average Bonchev–Trinajstić information content (AvgIpc) is 1.54. The molecule has 8 aromatic carbocycles. The number of aliphatic carboxylic acids is 1. The number of likely N-dealkylation sites (N-methyl/N-ethyl adjacent to an activating group) is 2. The van der Waals surface area contributed by atoms with Crippen molar-refractivity contribution in [2.45, 2.75) is 76.3 Å². The molecule has 11 N–H and O–H groups in total. The lowest BCUT2D eigenvalue weighted by Gasteiger charge is -2.32. The van der Waals surface area contributed by atoms with Crippen molar-refractivity contribution in [1.29, 1.82) is 0 Å². The molecule has 12 amide bonds. The zero-order valence-corrected chi connectivity index (χ0v) is 66.7. The Labute approximate surface area is 696 Å². The smallest absolute Gasteiger partial charge is 0.322 e. The first kappa shape index (κ1) is 85.6. The van der Waals surface area contributed by atoms with Gasteiger partial charge in [0.05, 0.1) is 70.9 Å². The van der Waals surface area contributed by atoms with Gasteiger partial charge < -0.3 is 53.4 Å². The van der Waals surface area contributed by atoms with Gasteiger partial charge in [0.15, 0.2) is 5.78 Å². The standard InChI is InChI=1S/C45H43N7O7.C28H29N5O2.C16H15N3O6.CH3F/c1-46-42(56)34-26-49-35-20-19-29(24-33(35)40(34)50-30-10-5-3-6-11-30)27-15-17-28(18-16-27)41(55)47-23-8-4-7-12-31(53)25-48-36-14-9-13-32-39(36)45(59)52(43(32)57)37-21-22-38(54)51(2)44(37)58;1-30-28(35)24-18-32-25-14-13-21(17-23(25)26(24)33-22-7-3-2-4-8-22)19-9-11-20(12-10-19)27(34)31-16-6-5-15-29;1-18-11(20)6-5-10(15(18)24)19-14(23)8-3-2-4-9(13(8)16(19)25)17-7-12(21)22;1-2/h3,5-6,9-11,13-20,24,26,37,48H,4,7-8,12,21-23,25H2,1-2H3,(H,46,56)(H,47,55)(H,49,50);2-4,7-14,17-18H,5-6,15-16,29H2,1H3,(H,30,35)(H,31,34)(H,32,33);2-4,10,17H,5-7H2,1H3,(H,21,22);1H3/i;;;1D. The van der Waals surface area contributed by atoms with Gasteiger partial charge in [0.2, 0.25) is 11.8 Å². The van der Waals surface area contributed by atoms with Gasteiger partial charge in [-0.3, -0.25) is 101 Å². The van der Waals surface area contributed by atoms with Crippen LogP contribution in [0, 0.1) is 0 Å². The van der Waals surface area contributed by atoms with Gasteiger partial charge in [-0.25, -0.2) is 0 Å². The molecule has 14 rings (SSSR count). The second kappa shape index (κ2) is 40.4. The molecule has 2 atom stereocenters. The second-order valence-electron chi connectivity index (χ2n) is 28.4. The van der Waals surface area contributed by atoms with Crippen LogP contribution < -0.4 is 48.3 Å². The number of hydrogen-bond donors (Lipinski definition) is 10. The normalized spacial score (nSPS) is 14.7. The monoisotopic (exact) mass is 1640 g/mol. The number of ketones is 1. The van der Waals surface area contributed by atoms with E-state index in [2.05, 4.69) is 52.5 Å². The van der Waals surface area contributed by atoms with E-state index in [1.165, 1.54) is 38.4 Å². The van der Waals surface area contributed by atoms with E-state index in [4.69, 9.17) is 12.2 Å². The number of unbranched alkanes of at least 4 members (excludes halogenated alkanes) is 3. The number of halogens is 1. The van der Waals surface area contributed by atoms with Crippen molar-refractivity contribution < 1.29 is 78.0 Å². The Morgan fingerprint density at radius 1 is 0.488 bits per heavy atom. The maximum absolute atomic E-state index is 13.4. The first-order valence-corrected chi connectivity index (χ1v) is 39.0. The zero-order chi connectivity index (χ0) is 87.3. The highest BCUT2D eigenvalue weighted by molar-refractivity contribution is 6.27. The molecule has 10 aromatic rings. The van der Waals surface area contributed by atoms with Crippen molar-refractivity contribution in [3.63, 3.8) is 0 Å². The minimum Gasteiger partial charge on any atom is -0.480 e. The summed E-state index contributed by atoms with van der Waals surface area (Å²) in [5.74, 6) is -6.44. The molecular weight excluding hydrogens is 1550 g/mol. The summed E-state index contributed by atoms with van der Waals surface area (Å²) in [6, 6.07) is 53.0. The van der Waals surface area contributed by atoms with Gasteiger partial charge in [-0.05, 0) is 164 Å². The molecule has 4 aliphatic heterocycles. The van der Waals surface area contributed by atoms with Gasteiger partial charge in [0, 0.05) is 118 Å². The number of rotatable bonds is 28. The van der Waals surface area contributed by atoms with Crippen molar-refractivity contribution >= 4 is 139 Å². The number of anilines is 6. The van der Waals surface area contributed by atoms with E-state index in [9.17, 15) is 71.5 Å². The molecule has 121 heavy (non-hydrogen) atoms. The molecule has 0 saturated carbocycles. The third-order valence-electron chi connectivity index (χ3n) is 20.7. The van der Waals surface area contributed by atoms with E-state index >= 15 is 0 Å². The Hall–Kier alpha value is -14.8. The summed E-state index contributed by atoms with van der Waals surface area (Å²) >= 11 is 0. The number of carboxylic acid groups (broad SMARTS) is 1. The van der Waals surface area contributed by atoms with E-state index in [1.807, 2.05) is 133 Å². The molecule has 2 unspecified atom stereocenters. The van der Waals surface area contributed by atoms with E-state index in [-0.39, 0.29) is 108 Å². The molecule has 6 heterocycles. The molecule has 622 valence electrons. The Kier molecular flexibility index (Phi) is 28.6. The molecule has 0 spiro atoms. The molecule has 0 radical (unpaired) electrons. The minimum atomic E-state index is -1.12. The van der Waals surface area contributed by atoms with E-state index in [1.54, 1.807) is 50.8 Å². The number of piperidine rings is 2. The third kappa shape index (κ3) is 20.1. The Bertz CT molecular complexity index is 5690. The van der Waals surface area contributed by atoms with Crippen molar-refractivity contribution in [3.8, 4) is 22.3 Å². The highest BCUT2D eigenvalue weighted by Gasteiger charge is 2.49. The number of nitrogens with zero attached hydrogens (tertiary/aromatic N) is 6. The van der Waals surface area contributed by atoms with Gasteiger partial charge in [-0.1, -0.05) is 91.3 Å². The number of carboxylic acids is 1. The van der Waals surface area contributed by atoms with Gasteiger partial charge in [0.1, 0.15) is 18.6 Å². The number of fused-ring (bicyclic) bond motifs is 4. The van der Waals surface area contributed by atoms with Crippen molar-refractivity contribution in [3.05, 3.63) is 239 Å². The van der Waals surface area contributed by atoms with Gasteiger partial charge in [-0.15, -0.1) is 0 Å². The van der Waals surface area contributed by atoms with Crippen LogP contribution in [0.1, 0.15) is 148 Å². The second-order valence-corrected chi connectivity index (χ2v) is 28.4. The van der Waals surface area contributed by atoms with E-state index < -0.39 is 67.2 Å². The number of aromatic nitrogens is 2. The van der Waals surface area contributed by atoms with Gasteiger partial charge in [-0.2, -0.15) is 0 Å². The number of nitrogens with two attached hydrogens (primary N) is 1. The number of benzene rings is 8. The predicted molar refractivity (Wildman–Crippen MR) is 454 cm³/mol. The highest BCUT2D eigenvalue weighted by atomic mass is 19.1. The van der Waals surface area contributed by atoms with Gasteiger partial charge in [0.25, 0.3) is 59.1 Å². The van der Waals surface area contributed by atoms with Crippen LogP contribution in [0.15, 0.2) is 194 Å². The fourth-order valence-corrected chi connectivity index (χ4v) is 14.3. The molecule has 31 heteroatoms. The van der Waals surface area contributed by atoms with E-state index in [0.717, 1.165) is 87.9 Å². The minimum absolute atomic E-state index is 0.0427. The first-order valence-electron chi connectivity index (χ1n) is 39.7. The number of Topliss-reactive ketones (excluding diaryl/α,β-unsaturated/α-hetero) is 1. The number of imide groups is 4. The number of alkyl halides is 1.